The van der Waals surface area contributed by atoms with Gasteiger partial charge in [0.05, 0.1) is 0 Å². The summed E-state index contributed by atoms with van der Waals surface area (Å²) >= 11 is 3.74. The summed E-state index contributed by atoms with van der Waals surface area (Å²) in [4.78, 5) is 0. The third kappa shape index (κ3) is 2.45. The van der Waals surface area contributed by atoms with Gasteiger partial charge in [-0.25, -0.2) is 4.39 Å². The molecule has 1 aromatic carbocycles. The van der Waals surface area contributed by atoms with Gasteiger partial charge in [0, 0.05) is 0 Å². The van der Waals surface area contributed by atoms with Crippen molar-refractivity contribution in [3.63, 3.8) is 0 Å². The fourth-order valence-corrected chi connectivity index (χ4v) is 4.95. The van der Waals surface area contributed by atoms with Crippen LogP contribution in [-0.4, -0.2) is 7.42 Å². The number of hydrogen-bond acceptors (Lipinski definition) is 0. The van der Waals surface area contributed by atoms with Crippen LogP contribution in [0.2, 0.25) is 12.1 Å². The maximum atomic E-state index is 12.7. The van der Waals surface area contributed by atoms with Crippen LogP contribution in [0.25, 0.3) is 0 Å². The van der Waals surface area contributed by atoms with E-state index < -0.39 is 0 Å². The number of rotatable bonds is 1. The third-order valence-electron chi connectivity index (χ3n) is 2.87. The lowest BCUT2D eigenvalue weighted by atomic mass is 9.93. The van der Waals surface area contributed by atoms with Crippen molar-refractivity contribution < 1.29 is 4.39 Å². The first kappa shape index (κ1) is 10.4. The van der Waals surface area contributed by atoms with E-state index >= 15 is 0 Å². The Labute approximate surface area is 93.7 Å². The van der Waals surface area contributed by atoms with E-state index in [0.717, 1.165) is 0 Å². The molecule has 0 N–H and O–H groups in total. The summed E-state index contributed by atoms with van der Waals surface area (Å²) < 4.78 is 12.7. The molecule has 0 atom stereocenters. The molecule has 1 saturated heterocycles. The molecule has 0 aliphatic carbocycles. The van der Waals surface area contributed by atoms with Crippen LogP contribution in [0, 0.1) is 5.82 Å². The summed E-state index contributed by atoms with van der Waals surface area (Å²) in [6, 6.07) is 9.70. The van der Waals surface area contributed by atoms with Gasteiger partial charge in [-0.3, -0.25) is 0 Å². The van der Waals surface area contributed by atoms with Crippen LogP contribution in [-0.2, 0) is 0 Å². The van der Waals surface area contributed by atoms with Crippen LogP contribution in [0.3, 0.4) is 0 Å². The van der Waals surface area contributed by atoms with Crippen LogP contribution < -0.4 is 0 Å². The average Bonchev–Trinajstić information content (AvgIpc) is 2.21. The van der Waals surface area contributed by atoms with Crippen LogP contribution in [0.15, 0.2) is 24.3 Å². The third-order valence-corrected chi connectivity index (χ3v) is 6.91. The van der Waals surface area contributed by atoms with Crippen LogP contribution in [0.4, 0.5) is 4.39 Å². The van der Waals surface area contributed by atoms with Gasteiger partial charge < -0.3 is 0 Å². The van der Waals surface area contributed by atoms with E-state index in [1.165, 1.54) is 30.5 Å². The van der Waals surface area contributed by atoms with Gasteiger partial charge in [-0.15, -0.1) is 15.3 Å². The Morgan fingerprint density at radius 1 is 1.14 bits per heavy atom. The normalized spacial score (nSPS) is 19.9. The molecule has 75 valence electrons. The molecule has 0 saturated carbocycles. The topological polar surface area (TPSA) is 0 Å². The highest BCUT2D eigenvalue weighted by Gasteiger charge is 2.21. The molecular formula is C11H13BrFSi. The Kier molecular flexibility index (Phi) is 3.39. The predicted octanol–water partition coefficient (Wildman–Crippen LogP) is 4.09. The number of benzene rings is 1. The molecule has 0 unspecified atom stereocenters. The number of hydrogen-bond donors (Lipinski definition) is 0. The van der Waals surface area contributed by atoms with Crippen molar-refractivity contribution in [2.45, 2.75) is 30.8 Å². The quantitative estimate of drug-likeness (QED) is 0.533. The molecule has 0 bridgehead atoms. The molecule has 1 heterocycles. The largest absolute Gasteiger partial charge is 0.207 e. The Hall–Kier alpha value is -0.153. The Bertz CT molecular complexity index is 291. The minimum absolute atomic E-state index is 0.130. The van der Waals surface area contributed by atoms with Gasteiger partial charge in [-0.05, 0) is 48.5 Å². The van der Waals surface area contributed by atoms with E-state index in [4.69, 9.17) is 0 Å². The second-order valence-electron chi connectivity index (χ2n) is 3.84. The molecule has 0 amide bonds. The SMILES string of the molecule is Fc1ccc(C2CC[Si](Br)CC2)cc1. The predicted molar refractivity (Wildman–Crippen MR) is 62.7 cm³/mol. The molecule has 2 rings (SSSR count). The van der Waals surface area contributed by atoms with Gasteiger partial charge in [0.15, 0.2) is 0 Å². The second kappa shape index (κ2) is 4.58. The first-order valence-corrected chi connectivity index (χ1v) is 9.18. The van der Waals surface area contributed by atoms with E-state index in [1.807, 2.05) is 12.1 Å². The molecule has 1 radical (unpaired) electrons. The van der Waals surface area contributed by atoms with Crippen molar-refractivity contribution in [3.8, 4) is 0 Å². The van der Waals surface area contributed by atoms with Gasteiger partial charge in [0.2, 0.25) is 0 Å². The Morgan fingerprint density at radius 3 is 2.29 bits per heavy atom. The van der Waals surface area contributed by atoms with Crippen LogP contribution in [0.5, 0.6) is 0 Å². The van der Waals surface area contributed by atoms with E-state index in [1.54, 1.807) is 12.1 Å². The summed E-state index contributed by atoms with van der Waals surface area (Å²) in [5, 5.41) is 0. The lowest BCUT2D eigenvalue weighted by molar-refractivity contribution is 0.603. The van der Waals surface area contributed by atoms with Crippen molar-refractivity contribution in [2.75, 3.05) is 0 Å². The first-order chi connectivity index (χ1) is 6.75. The zero-order valence-electron chi connectivity index (χ0n) is 7.97. The van der Waals surface area contributed by atoms with Crippen molar-refractivity contribution >= 4 is 22.7 Å². The van der Waals surface area contributed by atoms with Crippen molar-refractivity contribution in [2.24, 2.45) is 0 Å². The van der Waals surface area contributed by atoms with Gasteiger partial charge in [0.25, 0.3) is 0 Å². The Morgan fingerprint density at radius 2 is 1.71 bits per heavy atom. The van der Waals surface area contributed by atoms with Crippen molar-refractivity contribution in [1.82, 2.24) is 0 Å². The summed E-state index contributed by atoms with van der Waals surface area (Å²) in [6.07, 6.45) is 2.54. The molecule has 1 aromatic rings. The first-order valence-electron chi connectivity index (χ1n) is 5.01. The minimum Gasteiger partial charge on any atom is -0.207 e. The highest BCUT2D eigenvalue weighted by Crippen LogP contribution is 2.34. The van der Waals surface area contributed by atoms with Crippen molar-refractivity contribution in [3.05, 3.63) is 35.6 Å². The smallest absolute Gasteiger partial charge is 0.135 e. The fraction of sp³-hybridized carbons (Fsp3) is 0.455. The van der Waals surface area contributed by atoms with E-state index in [0.29, 0.717) is 5.92 Å². The molecule has 14 heavy (non-hydrogen) atoms. The molecule has 1 aliphatic heterocycles. The molecule has 0 nitrogen and oxygen atoms in total. The summed E-state index contributed by atoms with van der Waals surface area (Å²) in [7, 11) is -0.202. The fourth-order valence-electron chi connectivity index (χ4n) is 2.00. The maximum Gasteiger partial charge on any atom is 0.135 e. The Balaban J connectivity index is 2.05. The van der Waals surface area contributed by atoms with E-state index in [9.17, 15) is 4.39 Å². The van der Waals surface area contributed by atoms with Gasteiger partial charge in [-0.2, -0.15) is 0 Å². The zero-order chi connectivity index (χ0) is 9.97. The van der Waals surface area contributed by atoms with Gasteiger partial charge >= 0.3 is 0 Å². The average molecular weight is 272 g/mol. The van der Waals surface area contributed by atoms with E-state index in [2.05, 4.69) is 15.3 Å². The molecule has 3 heteroatoms. The van der Waals surface area contributed by atoms with Crippen LogP contribution >= 0.6 is 15.3 Å². The van der Waals surface area contributed by atoms with Crippen LogP contribution in [0.1, 0.15) is 24.3 Å². The molecule has 0 aromatic heterocycles. The highest BCUT2D eigenvalue weighted by molar-refractivity contribution is 9.24. The molecule has 0 spiro atoms. The standard InChI is InChI=1S/C11H13BrFSi/c12-14-7-5-10(6-8-14)9-1-3-11(13)4-2-9/h1-4,10H,5-8H2. The maximum absolute atomic E-state index is 12.7. The summed E-state index contributed by atoms with van der Waals surface area (Å²) in [6.45, 7) is 0. The second-order valence-corrected chi connectivity index (χ2v) is 9.24. The zero-order valence-corrected chi connectivity index (χ0v) is 10.6. The molecule has 1 fully saturated rings. The summed E-state index contributed by atoms with van der Waals surface area (Å²) in [5.41, 5.74) is 1.31. The summed E-state index contributed by atoms with van der Waals surface area (Å²) in [5.74, 6) is 0.539. The lowest BCUT2D eigenvalue weighted by Gasteiger charge is -2.24. The highest BCUT2D eigenvalue weighted by atomic mass is 79.9. The minimum atomic E-state index is -0.202. The number of halogens is 2. The van der Waals surface area contributed by atoms with Crippen molar-refractivity contribution in [1.29, 1.82) is 0 Å². The molecular weight excluding hydrogens is 259 g/mol. The van der Waals surface area contributed by atoms with E-state index in [-0.39, 0.29) is 13.2 Å². The molecule has 1 aliphatic rings. The monoisotopic (exact) mass is 271 g/mol. The lowest BCUT2D eigenvalue weighted by Crippen LogP contribution is -2.14. The van der Waals surface area contributed by atoms with Gasteiger partial charge in [-0.1, -0.05) is 12.1 Å². The van der Waals surface area contributed by atoms with Gasteiger partial charge in [0.1, 0.15) is 13.2 Å².